The van der Waals surface area contributed by atoms with Crippen LogP contribution in [-0.2, 0) is 0 Å². The molecule has 4 rings (SSSR count). The number of anilines is 2. The SMILES string of the molecule is Cc1c(C(=O)Nc2ccc(N3CCCC3)nc2)nnn1C1CCNCC1. The zero-order valence-corrected chi connectivity index (χ0v) is 15.1. The van der Waals surface area contributed by atoms with Crippen molar-refractivity contribution in [2.45, 2.75) is 38.6 Å². The van der Waals surface area contributed by atoms with Gasteiger partial charge in [0.1, 0.15) is 5.82 Å². The maximum atomic E-state index is 12.6. The van der Waals surface area contributed by atoms with E-state index >= 15 is 0 Å². The fraction of sp³-hybridized carbons (Fsp3) is 0.556. The van der Waals surface area contributed by atoms with Crippen LogP contribution >= 0.6 is 0 Å². The van der Waals surface area contributed by atoms with Gasteiger partial charge in [-0.05, 0) is 57.8 Å². The van der Waals surface area contributed by atoms with Crippen LogP contribution in [0.3, 0.4) is 0 Å². The molecule has 0 unspecified atom stereocenters. The summed E-state index contributed by atoms with van der Waals surface area (Å²) in [6.07, 6.45) is 6.15. The van der Waals surface area contributed by atoms with Gasteiger partial charge in [0, 0.05) is 13.1 Å². The molecule has 4 heterocycles. The number of carbonyl (C=O) groups excluding carboxylic acids is 1. The van der Waals surface area contributed by atoms with E-state index in [9.17, 15) is 4.79 Å². The Bertz CT molecular complexity index is 758. The topological polar surface area (TPSA) is 88.0 Å². The highest BCUT2D eigenvalue weighted by molar-refractivity contribution is 6.03. The van der Waals surface area contributed by atoms with Gasteiger partial charge in [-0.3, -0.25) is 4.79 Å². The molecule has 2 N–H and O–H groups in total. The molecule has 0 aliphatic carbocycles. The van der Waals surface area contributed by atoms with Crippen LogP contribution in [0, 0.1) is 6.92 Å². The molecule has 0 spiro atoms. The highest BCUT2D eigenvalue weighted by Crippen LogP contribution is 2.22. The average Bonchev–Trinajstić information content (AvgIpc) is 3.33. The van der Waals surface area contributed by atoms with E-state index in [2.05, 4.69) is 30.8 Å². The first-order valence-electron chi connectivity index (χ1n) is 9.37. The summed E-state index contributed by atoms with van der Waals surface area (Å²) in [7, 11) is 0. The van der Waals surface area contributed by atoms with Gasteiger partial charge in [0.2, 0.25) is 0 Å². The molecule has 0 saturated carbocycles. The van der Waals surface area contributed by atoms with Crippen LogP contribution in [0.2, 0.25) is 0 Å². The second-order valence-corrected chi connectivity index (χ2v) is 7.00. The number of carbonyl (C=O) groups is 1. The maximum Gasteiger partial charge on any atom is 0.278 e. The lowest BCUT2D eigenvalue weighted by atomic mass is 10.1. The molecule has 0 aromatic carbocycles. The monoisotopic (exact) mass is 355 g/mol. The molecule has 2 aromatic rings. The standard InChI is InChI=1S/C18H25N7O/c1-13-17(22-23-25(13)15-6-8-19-9-7-15)18(26)21-14-4-5-16(20-12-14)24-10-2-3-11-24/h4-5,12,15,19H,2-3,6-11H2,1H3,(H,21,26). The normalized spacial score (nSPS) is 18.3. The predicted octanol–water partition coefficient (Wildman–Crippen LogP) is 1.76. The number of hydrogen-bond acceptors (Lipinski definition) is 6. The Hall–Kier alpha value is -2.48. The van der Waals surface area contributed by atoms with Gasteiger partial charge in [0.05, 0.1) is 23.6 Å². The van der Waals surface area contributed by atoms with E-state index in [1.54, 1.807) is 6.20 Å². The number of hydrogen-bond donors (Lipinski definition) is 2. The van der Waals surface area contributed by atoms with Gasteiger partial charge in [-0.25, -0.2) is 9.67 Å². The Morgan fingerprint density at radius 2 is 2.00 bits per heavy atom. The molecule has 2 aromatic heterocycles. The molecular weight excluding hydrogens is 330 g/mol. The van der Waals surface area contributed by atoms with E-state index in [0.717, 1.165) is 50.5 Å². The minimum absolute atomic E-state index is 0.238. The largest absolute Gasteiger partial charge is 0.357 e. The first-order chi connectivity index (χ1) is 12.7. The Balaban J connectivity index is 1.43. The maximum absolute atomic E-state index is 12.6. The highest BCUT2D eigenvalue weighted by atomic mass is 16.2. The summed E-state index contributed by atoms with van der Waals surface area (Å²) >= 11 is 0. The molecule has 0 bridgehead atoms. The fourth-order valence-electron chi connectivity index (χ4n) is 3.73. The van der Waals surface area contributed by atoms with Crippen molar-refractivity contribution in [3.8, 4) is 0 Å². The molecule has 138 valence electrons. The fourth-order valence-corrected chi connectivity index (χ4v) is 3.73. The molecule has 26 heavy (non-hydrogen) atoms. The van der Waals surface area contributed by atoms with Crippen LogP contribution in [0.1, 0.15) is 47.9 Å². The molecule has 2 aliphatic rings. The lowest BCUT2D eigenvalue weighted by molar-refractivity contribution is 0.102. The van der Waals surface area contributed by atoms with Crippen molar-refractivity contribution in [3.05, 3.63) is 29.7 Å². The first kappa shape index (κ1) is 17.0. The second kappa shape index (κ2) is 7.41. The first-order valence-corrected chi connectivity index (χ1v) is 9.37. The number of pyridine rings is 1. The summed E-state index contributed by atoms with van der Waals surface area (Å²) in [5, 5.41) is 14.6. The highest BCUT2D eigenvalue weighted by Gasteiger charge is 2.23. The summed E-state index contributed by atoms with van der Waals surface area (Å²) in [4.78, 5) is 19.3. The van der Waals surface area contributed by atoms with E-state index in [1.165, 1.54) is 12.8 Å². The molecule has 1 amide bonds. The molecule has 2 fully saturated rings. The van der Waals surface area contributed by atoms with Gasteiger partial charge >= 0.3 is 0 Å². The van der Waals surface area contributed by atoms with Gasteiger partial charge in [0.15, 0.2) is 5.69 Å². The third-order valence-corrected chi connectivity index (χ3v) is 5.23. The zero-order valence-electron chi connectivity index (χ0n) is 15.1. The molecule has 0 atom stereocenters. The summed E-state index contributed by atoms with van der Waals surface area (Å²) in [6.45, 7) is 5.96. The van der Waals surface area contributed by atoms with Crippen LogP contribution in [0.5, 0.6) is 0 Å². The Morgan fingerprint density at radius 3 is 2.69 bits per heavy atom. The van der Waals surface area contributed by atoms with E-state index in [0.29, 0.717) is 17.4 Å². The summed E-state index contributed by atoms with van der Waals surface area (Å²) < 4.78 is 1.89. The van der Waals surface area contributed by atoms with Gasteiger partial charge in [-0.2, -0.15) is 0 Å². The summed E-state index contributed by atoms with van der Waals surface area (Å²) in [5.41, 5.74) is 1.87. The summed E-state index contributed by atoms with van der Waals surface area (Å²) in [6, 6.07) is 4.16. The average molecular weight is 355 g/mol. The van der Waals surface area contributed by atoms with Crippen molar-refractivity contribution < 1.29 is 4.79 Å². The van der Waals surface area contributed by atoms with E-state index in [-0.39, 0.29) is 5.91 Å². The van der Waals surface area contributed by atoms with Crippen molar-refractivity contribution in [1.82, 2.24) is 25.3 Å². The quantitative estimate of drug-likeness (QED) is 0.869. The van der Waals surface area contributed by atoms with Crippen LogP contribution in [0.15, 0.2) is 18.3 Å². The number of aromatic nitrogens is 4. The number of nitrogens with zero attached hydrogens (tertiary/aromatic N) is 5. The third-order valence-electron chi connectivity index (χ3n) is 5.23. The predicted molar refractivity (Wildman–Crippen MR) is 99.5 cm³/mol. The molecule has 0 radical (unpaired) electrons. The molecule has 2 saturated heterocycles. The van der Waals surface area contributed by atoms with E-state index < -0.39 is 0 Å². The van der Waals surface area contributed by atoms with Crippen molar-refractivity contribution in [2.75, 3.05) is 36.4 Å². The molecular formula is C18H25N7O. The summed E-state index contributed by atoms with van der Waals surface area (Å²) in [5.74, 6) is 0.729. The lowest BCUT2D eigenvalue weighted by Crippen LogP contribution is -2.30. The minimum atomic E-state index is -0.238. The van der Waals surface area contributed by atoms with Crippen LogP contribution < -0.4 is 15.5 Å². The van der Waals surface area contributed by atoms with Crippen molar-refractivity contribution in [3.63, 3.8) is 0 Å². The van der Waals surface area contributed by atoms with Crippen molar-refractivity contribution in [1.29, 1.82) is 0 Å². The zero-order chi connectivity index (χ0) is 17.9. The lowest BCUT2D eigenvalue weighted by Gasteiger charge is -2.23. The smallest absolute Gasteiger partial charge is 0.278 e. The number of piperidine rings is 1. The number of amides is 1. The Kier molecular flexibility index (Phi) is 4.83. The van der Waals surface area contributed by atoms with Gasteiger partial charge < -0.3 is 15.5 Å². The van der Waals surface area contributed by atoms with Crippen molar-refractivity contribution >= 4 is 17.4 Å². The third kappa shape index (κ3) is 3.41. The molecule has 8 nitrogen and oxygen atoms in total. The van der Waals surface area contributed by atoms with Crippen LogP contribution in [0.25, 0.3) is 0 Å². The molecule has 8 heteroatoms. The van der Waals surface area contributed by atoms with E-state index in [4.69, 9.17) is 0 Å². The van der Waals surface area contributed by atoms with Gasteiger partial charge in [-0.1, -0.05) is 5.21 Å². The Morgan fingerprint density at radius 1 is 1.23 bits per heavy atom. The van der Waals surface area contributed by atoms with Gasteiger partial charge in [-0.15, -0.1) is 5.10 Å². The van der Waals surface area contributed by atoms with Crippen molar-refractivity contribution in [2.24, 2.45) is 0 Å². The van der Waals surface area contributed by atoms with E-state index in [1.807, 2.05) is 23.7 Å². The number of rotatable bonds is 4. The second-order valence-electron chi connectivity index (χ2n) is 7.00. The molecule has 2 aliphatic heterocycles. The van der Waals surface area contributed by atoms with Crippen LogP contribution in [0.4, 0.5) is 11.5 Å². The minimum Gasteiger partial charge on any atom is -0.357 e. The van der Waals surface area contributed by atoms with Crippen LogP contribution in [-0.4, -0.2) is 52.1 Å². The number of nitrogens with one attached hydrogen (secondary N) is 2. The Labute approximate surface area is 153 Å². The van der Waals surface area contributed by atoms with Gasteiger partial charge in [0.25, 0.3) is 5.91 Å².